The third kappa shape index (κ3) is 2.23. The van der Waals surface area contributed by atoms with E-state index in [1.807, 2.05) is 0 Å². The van der Waals surface area contributed by atoms with Crippen LogP contribution in [0.3, 0.4) is 0 Å². The van der Waals surface area contributed by atoms with E-state index in [0.717, 1.165) is 25.9 Å². The number of halogens is 1. The zero-order valence-electron chi connectivity index (χ0n) is 9.49. The van der Waals surface area contributed by atoms with E-state index < -0.39 is 0 Å². The fourth-order valence-corrected chi connectivity index (χ4v) is 3.14. The Balaban J connectivity index is 1.49. The van der Waals surface area contributed by atoms with E-state index in [2.05, 4.69) is 0 Å². The molecule has 3 nitrogen and oxygen atoms in total. The van der Waals surface area contributed by atoms with Crippen LogP contribution in [0.1, 0.15) is 38.5 Å². The van der Waals surface area contributed by atoms with Gasteiger partial charge in [0.05, 0.1) is 30.8 Å². The first-order chi connectivity index (χ1) is 7.81. The van der Waals surface area contributed by atoms with Crippen molar-refractivity contribution in [3.05, 3.63) is 0 Å². The van der Waals surface area contributed by atoms with Gasteiger partial charge in [0.2, 0.25) is 0 Å². The van der Waals surface area contributed by atoms with Gasteiger partial charge < -0.3 is 14.2 Å². The Hall–Kier alpha value is 0.170. The van der Waals surface area contributed by atoms with Crippen LogP contribution in [0.25, 0.3) is 0 Å². The molecule has 2 aliphatic heterocycles. The molecule has 0 N–H and O–H groups in total. The maximum absolute atomic E-state index is 6.09. The highest BCUT2D eigenvalue weighted by Crippen LogP contribution is 2.40. The number of ether oxygens (including phenoxy) is 3. The third-order valence-corrected chi connectivity index (χ3v) is 4.17. The summed E-state index contributed by atoms with van der Waals surface area (Å²) in [6.45, 7) is 0.731. The Morgan fingerprint density at radius 3 is 2.62 bits per heavy atom. The zero-order valence-corrected chi connectivity index (χ0v) is 10.2. The van der Waals surface area contributed by atoms with Gasteiger partial charge in [0.25, 0.3) is 0 Å². The number of hydrogen-bond donors (Lipinski definition) is 0. The molecule has 0 amide bonds. The molecule has 0 aromatic carbocycles. The summed E-state index contributed by atoms with van der Waals surface area (Å²) in [7, 11) is 0. The minimum absolute atomic E-state index is 0.219. The van der Waals surface area contributed by atoms with Gasteiger partial charge >= 0.3 is 0 Å². The second-order valence-electron chi connectivity index (χ2n) is 5.13. The van der Waals surface area contributed by atoms with Crippen molar-refractivity contribution in [2.24, 2.45) is 0 Å². The first-order valence-corrected chi connectivity index (χ1v) is 6.88. The lowest BCUT2D eigenvalue weighted by atomic mass is 9.94. The Labute approximate surface area is 101 Å². The standard InChI is InChI=1S/C12H19ClO3/c13-7-11-10(15-11)6-9-8-14-12(16-9)4-2-1-3-5-12/h9-11H,1-8H2/t9-,10-,11-/m0/s1. The summed E-state index contributed by atoms with van der Waals surface area (Å²) in [5.41, 5.74) is 0. The minimum Gasteiger partial charge on any atom is -0.368 e. The van der Waals surface area contributed by atoms with Crippen LogP contribution in [0.4, 0.5) is 0 Å². The van der Waals surface area contributed by atoms with E-state index in [1.165, 1.54) is 19.3 Å². The van der Waals surface area contributed by atoms with E-state index in [1.54, 1.807) is 0 Å². The second-order valence-corrected chi connectivity index (χ2v) is 5.43. The molecule has 1 saturated carbocycles. The fraction of sp³-hybridized carbons (Fsp3) is 1.00. The van der Waals surface area contributed by atoms with Crippen LogP contribution in [-0.4, -0.2) is 36.6 Å². The van der Waals surface area contributed by atoms with Crippen molar-refractivity contribution < 1.29 is 14.2 Å². The lowest BCUT2D eigenvalue weighted by Gasteiger charge is -2.31. The molecular weight excluding hydrogens is 228 g/mol. The van der Waals surface area contributed by atoms with E-state index in [0.29, 0.717) is 12.0 Å². The molecule has 4 heteroatoms. The van der Waals surface area contributed by atoms with Crippen LogP contribution in [0, 0.1) is 0 Å². The summed E-state index contributed by atoms with van der Waals surface area (Å²) in [4.78, 5) is 0. The molecule has 1 spiro atoms. The Kier molecular flexibility index (Phi) is 3.13. The largest absolute Gasteiger partial charge is 0.368 e. The molecule has 3 atom stereocenters. The molecule has 0 aromatic rings. The molecule has 2 saturated heterocycles. The van der Waals surface area contributed by atoms with Crippen molar-refractivity contribution in [1.29, 1.82) is 0 Å². The molecule has 0 bridgehead atoms. The SMILES string of the molecule is ClC[C@@H]1O[C@H]1C[C@H]1COC2(CCCCC2)O1. The van der Waals surface area contributed by atoms with Crippen LogP contribution in [-0.2, 0) is 14.2 Å². The molecule has 3 fully saturated rings. The molecule has 0 unspecified atom stereocenters. The maximum Gasteiger partial charge on any atom is 0.168 e. The molecule has 3 aliphatic rings. The summed E-state index contributed by atoms with van der Waals surface area (Å²) in [6.07, 6.45) is 7.64. The maximum atomic E-state index is 6.09. The second kappa shape index (κ2) is 4.45. The Bertz CT molecular complexity index is 253. The molecular formula is C12H19ClO3. The number of hydrogen-bond acceptors (Lipinski definition) is 3. The normalized spacial score (nSPS) is 41.4. The first-order valence-electron chi connectivity index (χ1n) is 6.34. The molecule has 16 heavy (non-hydrogen) atoms. The van der Waals surface area contributed by atoms with Gasteiger partial charge in [-0.3, -0.25) is 0 Å². The van der Waals surface area contributed by atoms with Crippen molar-refractivity contribution in [2.75, 3.05) is 12.5 Å². The van der Waals surface area contributed by atoms with Gasteiger partial charge in [0.1, 0.15) is 0 Å². The molecule has 1 aliphatic carbocycles. The van der Waals surface area contributed by atoms with Crippen LogP contribution in [0.5, 0.6) is 0 Å². The predicted octanol–water partition coefficient (Wildman–Crippen LogP) is 2.46. The molecule has 3 rings (SSSR count). The highest BCUT2D eigenvalue weighted by molar-refractivity contribution is 6.18. The van der Waals surface area contributed by atoms with Crippen molar-refractivity contribution >= 4 is 11.6 Å². The van der Waals surface area contributed by atoms with Crippen molar-refractivity contribution in [1.82, 2.24) is 0 Å². The van der Waals surface area contributed by atoms with Gasteiger partial charge in [-0.05, 0) is 12.8 Å². The van der Waals surface area contributed by atoms with Gasteiger partial charge in [-0.15, -0.1) is 11.6 Å². The van der Waals surface area contributed by atoms with Gasteiger partial charge in [-0.1, -0.05) is 6.42 Å². The zero-order chi connectivity index (χ0) is 11.0. The molecule has 0 aromatic heterocycles. The first kappa shape index (κ1) is 11.3. The fourth-order valence-electron chi connectivity index (χ4n) is 2.87. The molecule has 2 heterocycles. The smallest absolute Gasteiger partial charge is 0.168 e. The van der Waals surface area contributed by atoms with E-state index >= 15 is 0 Å². The van der Waals surface area contributed by atoms with Gasteiger partial charge in [-0.25, -0.2) is 0 Å². The van der Waals surface area contributed by atoms with Gasteiger partial charge in [0, 0.05) is 19.3 Å². The third-order valence-electron chi connectivity index (χ3n) is 3.86. The minimum atomic E-state index is -0.242. The lowest BCUT2D eigenvalue weighted by Crippen LogP contribution is -2.33. The Morgan fingerprint density at radius 2 is 1.94 bits per heavy atom. The van der Waals surface area contributed by atoms with Crippen LogP contribution >= 0.6 is 11.6 Å². The van der Waals surface area contributed by atoms with Crippen molar-refractivity contribution in [3.63, 3.8) is 0 Å². The average Bonchev–Trinajstić information content (AvgIpc) is 2.96. The van der Waals surface area contributed by atoms with Crippen LogP contribution in [0.15, 0.2) is 0 Å². The summed E-state index contributed by atoms with van der Waals surface area (Å²) in [6, 6.07) is 0. The topological polar surface area (TPSA) is 31.0 Å². The summed E-state index contributed by atoms with van der Waals surface area (Å²) < 4.78 is 17.4. The quantitative estimate of drug-likeness (QED) is 0.566. The Morgan fingerprint density at radius 1 is 1.12 bits per heavy atom. The van der Waals surface area contributed by atoms with E-state index in [-0.39, 0.29) is 18.0 Å². The number of alkyl halides is 1. The summed E-state index contributed by atoms with van der Waals surface area (Å²) in [5, 5.41) is 0. The summed E-state index contributed by atoms with van der Waals surface area (Å²) >= 11 is 5.72. The number of epoxide rings is 1. The van der Waals surface area contributed by atoms with E-state index in [4.69, 9.17) is 25.8 Å². The van der Waals surface area contributed by atoms with Gasteiger partial charge in [0.15, 0.2) is 5.79 Å². The lowest BCUT2D eigenvalue weighted by molar-refractivity contribution is -0.187. The van der Waals surface area contributed by atoms with Crippen LogP contribution < -0.4 is 0 Å². The van der Waals surface area contributed by atoms with Gasteiger partial charge in [-0.2, -0.15) is 0 Å². The number of rotatable bonds is 3. The highest BCUT2D eigenvalue weighted by atomic mass is 35.5. The predicted molar refractivity (Wildman–Crippen MR) is 60.6 cm³/mol. The van der Waals surface area contributed by atoms with E-state index in [9.17, 15) is 0 Å². The monoisotopic (exact) mass is 246 g/mol. The highest BCUT2D eigenvalue weighted by Gasteiger charge is 2.46. The molecule has 0 radical (unpaired) electrons. The average molecular weight is 247 g/mol. The molecule has 92 valence electrons. The summed E-state index contributed by atoms with van der Waals surface area (Å²) in [5.74, 6) is 0.359. The van der Waals surface area contributed by atoms with Crippen molar-refractivity contribution in [3.8, 4) is 0 Å². The van der Waals surface area contributed by atoms with Crippen LogP contribution in [0.2, 0.25) is 0 Å². The van der Waals surface area contributed by atoms with Crippen molar-refractivity contribution in [2.45, 2.75) is 62.6 Å².